The summed E-state index contributed by atoms with van der Waals surface area (Å²) in [5.41, 5.74) is 3.56. The van der Waals surface area contributed by atoms with Gasteiger partial charge in [0.2, 0.25) is 0 Å². The molecule has 0 bridgehead atoms. The van der Waals surface area contributed by atoms with Gasteiger partial charge in [-0.1, -0.05) is 16.1 Å². The number of hydrogen-bond acceptors (Lipinski definition) is 6. The molecule has 0 saturated carbocycles. The Morgan fingerprint density at radius 1 is 1.47 bits per heavy atom. The molecule has 0 fully saturated rings. The van der Waals surface area contributed by atoms with Crippen LogP contribution in [0.1, 0.15) is 36.5 Å². The molecule has 0 radical (unpaired) electrons. The minimum Gasteiger partial charge on any atom is -0.270 e. The molecule has 0 amide bonds. The van der Waals surface area contributed by atoms with E-state index in [0.29, 0.717) is 5.02 Å². The molecule has 2 aromatic heterocycles. The van der Waals surface area contributed by atoms with Crippen LogP contribution in [0.15, 0.2) is 12.4 Å². The zero-order chi connectivity index (χ0) is 12.4. The first-order chi connectivity index (χ1) is 8.15. The summed E-state index contributed by atoms with van der Waals surface area (Å²) < 4.78 is 5.67. The molecule has 2 rings (SSSR count). The van der Waals surface area contributed by atoms with Crippen molar-refractivity contribution in [3.8, 4) is 0 Å². The molecule has 1 atom stereocenters. The lowest BCUT2D eigenvalue weighted by Gasteiger charge is -2.18. The minimum absolute atomic E-state index is 0.203. The fraction of sp³-hybridized carbons (Fsp3) is 0.444. The number of hydrogen-bond donors (Lipinski definition) is 2. The van der Waals surface area contributed by atoms with Crippen LogP contribution in [0.5, 0.6) is 0 Å². The first-order valence-electron chi connectivity index (χ1n) is 5.11. The SMILES string of the molecule is CC(C)n1ncc(Cl)c1C(NN)c1cnns1. The number of nitrogens with one attached hydrogen (secondary N) is 1. The molecule has 2 heterocycles. The maximum Gasteiger partial charge on any atom is 0.102 e. The molecule has 92 valence electrons. The van der Waals surface area contributed by atoms with Crippen LogP contribution in [-0.4, -0.2) is 19.4 Å². The van der Waals surface area contributed by atoms with E-state index in [9.17, 15) is 0 Å². The molecule has 0 aliphatic heterocycles. The van der Waals surface area contributed by atoms with Crippen LogP contribution < -0.4 is 11.3 Å². The molecule has 3 N–H and O–H groups in total. The van der Waals surface area contributed by atoms with E-state index < -0.39 is 0 Å². The van der Waals surface area contributed by atoms with Crippen molar-refractivity contribution in [2.75, 3.05) is 0 Å². The van der Waals surface area contributed by atoms with Crippen molar-refractivity contribution in [2.45, 2.75) is 25.9 Å². The average molecular weight is 273 g/mol. The summed E-state index contributed by atoms with van der Waals surface area (Å²) in [6, 6.07) is -0.0402. The quantitative estimate of drug-likeness (QED) is 0.651. The number of aromatic nitrogens is 4. The Morgan fingerprint density at radius 2 is 2.24 bits per heavy atom. The molecule has 8 heteroatoms. The third-order valence-corrected chi connectivity index (χ3v) is 3.40. The highest BCUT2D eigenvalue weighted by Gasteiger charge is 2.23. The molecule has 6 nitrogen and oxygen atoms in total. The van der Waals surface area contributed by atoms with Crippen molar-refractivity contribution >= 4 is 23.1 Å². The summed E-state index contributed by atoms with van der Waals surface area (Å²) in [6.45, 7) is 4.07. The lowest BCUT2D eigenvalue weighted by Crippen LogP contribution is -2.30. The zero-order valence-corrected chi connectivity index (χ0v) is 11.0. The van der Waals surface area contributed by atoms with Gasteiger partial charge in [-0.15, -0.1) is 5.10 Å². The maximum atomic E-state index is 6.16. The highest BCUT2D eigenvalue weighted by molar-refractivity contribution is 7.05. The summed E-state index contributed by atoms with van der Waals surface area (Å²) in [5.74, 6) is 5.59. The Bertz CT molecular complexity index is 480. The summed E-state index contributed by atoms with van der Waals surface area (Å²) >= 11 is 7.44. The van der Waals surface area contributed by atoms with Gasteiger partial charge >= 0.3 is 0 Å². The lowest BCUT2D eigenvalue weighted by molar-refractivity contribution is 0.478. The van der Waals surface area contributed by atoms with Crippen molar-refractivity contribution in [1.82, 2.24) is 24.8 Å². The van der Waals surface area contributed by atoms with E-state index >= 15 is 0 Å². The van der Waals surface area contributed by atoms with Crippen LogP contribution in [0.25, 0.3) is 0 Å². The van der Waals surface area contributed by atoms with Crippen LogP contribution in [0.3, 0.4) is 0 Å². The Labute approximate surface area is 108 Å². The molecule has 0 aromatic carbocycles. The fourth-order valence-corrected chi connectivity index (χ4v) is 2.44. The Balaban J connectivity index is 2.47. The monoisotopic (exact) mass is 272 g/mol. The number of halogens is 1. The van der Waals surface area contributed by atoms with Gasteiger partial charge in [0.05, 0.1) is 28.0 Å². The van der Waals surface area contributed by atoms with Gasteiger partial charge in [-0.3, -0.25) is 10.5 Å². The molecular weight excluding hydrogens is 260 g/mol. The van der Waals surface area contributed by atoms with Crippen molar-refractivity contribution in [3.05, 3.63) is 28.0 Å². The molecule has 0 saturated heterocycles. The van der Waals surface area contributed by atoms with Crippen molar-refractivity contribution < 1.29 is 0 Å². The van der Waals surface area contributed by atoms with Crippen LogP contribution in [0, 0.1) is 0 Å². The Hall–Kier alpha value is -1.02. The van der Waals surface area contributed by atoms with Gasteiger partial charge in [0, 0.05) is 6.04 Å². The molecule has 2 aromatic rings. The predicted octanol–water partition coefficient (Wildman–Crippen LogP) is 1.52. The van der Waals surface area contributed by atoms with Gasteiger partial charge in [-0.25, -0.2) is 5.43 Å². The van der Waals surface area contributed by atoms with E-state index in [1.807, 2.05) is 18.5 Å². The predicted molar refractivity (Wildman–Crippen MR) is 66.7 cm³/mol. The van der Waals surface area contributed by atoms with Crippen LogP contribution >= 0.6 is 23.1 Å². The first kappa shape index (κ1) is 12.4. The van der Waals surface area contributed by atoms with Gasteiger partial charge in [-0.05, 0) is 25.4 Å². The lowest BCUT2D eigenvalue weighted by atomic mass is 10.2. The van der Waals surface area contributed by atoms with E-state index in [1.165, 1.54) is 11.5 Å². The van der Waals surface area contributed by atoms with Gasteiger partial charge in [0.25, 0.3) is 0 Å². The largest absolute Gasteiger partial charge is 0.270 e. The van der Waals surface area contributed by atoms with Gasteiger partial charge in [0.1, 0.15) is 6.04 Å². The highest BCUT2D eigenvalue weighted by Crippen LogP contribution is 2.30. The Kier molecular flexibility index (Phi) is 3.72. The third kappa shape index (κ3) is 2.32. The van der Waals surface area contributed by atoms with Gasteiger partial charge in [-0.2, -0.15) is 5.10 Å². The van der Waals surface area contributed by atoms with Gasteiger partial charge < -0.3 is 0 Å². The van der Waals surface area contributed by atoms with Crippen LogP contribution in [0.4, 0.5) is 0 Å². The van der Waals surface area contributed by atoms with E-state index in [0.717, 1.165) is 10.6 Å². The summed E-state index contributed by atoms with van der Waals surface area (Å²) in [5, 5.41) is 8.63. The molecule has 0 spiro atoms. The fourth-order valence-electron chi connectivity index (χ4n) is 1.63. The topological polar surface area (TPSA) is 81.7 Å². The molecule has 0 aliphatic carbocycles. The smallest absolute Gasteiger partial charge is 0.102 e. The number of rotatable bonds is 4. The summed E-state index contributed by atoms with van der Waals surface area (Å²) in [4.78, 5) is 0.900. The third-order valence-electron chi connectivity index (χ3n) is 2.38. The van der Waals surface area contributed by atoms with E-state index in [2.05, 4.69) is 20.1 Å². The molecule has 17 heavy (non-hydrogen) atoms. The first-order valence-corrected chi connectivity index (χ1v) is 6.26. The second-order valence-corrected chi connectivity index (χ2v) is 5.06. The van der Waals surface area contributed by atoms with Crippen molar-refractivity contribution in [1.29, 1.82) is 0 Å². The van der Waals surface area contributed by atoms with E-state index in [-0.39, 0.29) is 12.1 Å². The van der Waals surface area contributed by atoms with Crippen molar-refractivity contribution in [2.24, 2.45) is 5.84 Å². The standard InChI is InChI=1S/C9H13ClN6S/c1-5(2)16-9(6(10)3-13-16)8(14-11)7-4-12-15-17-7/h3-5,8,14H,11H2,1-2H3. The second-order valence-electron chi connectivity index (χ2n) is 3.84. The average Bonchev–Trinajstić information content (AvgIpc) is 2.91. The second kappa shape index (κ2) is 5.09. The summed E-state index contributed by atoms with van der Waals surface area (Å²) in [6.07, 6.45) is 3.29. The van der Waals surface area contributed by atoms with E-state index in [1.54, 1.807) is 12.4 Å². The molecule has 0 aliphatic rings. The van der Waals surface area contributed by atoms with Gasteiger partial charge in [0.15, 0.2) is 0 Å². The van der Waals surface area contributed by atoms with Crippen molar-refractivity contribution in [3.63, 3.8) is 0 Å². The van der Waals surface area contributed by atoms with Crippen LogP contribution in [0.2, 0.25) is 5.02 Å². The normalized spacial score (nSPS) is 13.2. The molecular formula is C9H13ClN6S. The number of hydrazine groups is 1. The number of nitrogens with zero attached hydrogens (tertiary/aromatic N) is 4. The summed E-state index contributed by atoms with van der Waals surface area (Å²) in [7, 11) is 0. The van der Waals surface area contributed by atoms with E-state index in [4.69, 9.17) is 17.4 Å². The highest BCUT2D eigenvalue weighted by atomic mass is 35.5. The zero-order valence-electron chi connectivity index (χ0n) is 9.46. The minimum atomic E-state index is -0.243. The Morgan fingerprint density at radius 3 is 2.76 bits per heavy atom. The molecule has 1 unspecified atom stereocenters. The maximum absolute atomic E-state index is 6.16. The number of nitrogens with two attached hydrogens (primary N) is 1. The van der Waals surface area contributed by atoms with Crippen LogP contribution in [-0.2, 0) is 0 Å².